The number of methoxy groups -OCH3 is 2. The van der Waals surface area contributed by atoms with Crippen LogP contribution in [-0.4, -0.2) is 31.9 Å². The number of hydrogen-bond donors (Lipinski definition) is 1. The Hall–Kier alpha value is -2.33. The fraction of sp³-hybridized carbons (Fsp3) is 0.235. The van der Waals surface area contributed by atoms with Crippen molar-refractivity contribution in [2.45, 2.75) is 6.42 Å². The molecular weight excluding hydrogens is 268 g/mol. The van der Waals surface area contributed by atoms with Gasteiger partial charge < -0.3 is 14.6 Å². The average molecular weight is 286 g/mol. The third-order valence-electron chi connectivity index (χ3n) is 3.32. The summed E-state index contributed by atoms with van der Waals surface area (Å²) in [6.45, 7) is 0.669. The van der Waals surface area contributed by atoms with Crippen LogP contribution in [0.25, 0.3) is 11.1 Å². The van der Waals surface area contributed by atoms with Gasteiger partial charge in [-0.2, -0.15) is 0 Å². The summed E-state index contributed by atoms with van der Waals surface area (Å²) in [6, 6.07) is 12.9. The van der Waals surface area contributed by atoms with E-state index < -0.39 is 5.97 Å². The molecule has 0 aliphatic carbocycles. The fourth-order valence-electron chi connectivity index (χ4n) is 2.15. The SMILES string of the molecule is COCCc1ccc(-c2ccc(OC)cc2C(=O)O)cc1. The standard InChI is InChI=1S/C17H18O4/c1-20-10-9-12-3-5-13(6-4-12)15-8-7-14(21-2)11-16(15)17(18)19/h3-8,11H,9-10H2,1-2H3,(H,18,19). The molecule has 2 aromatic rings. The highest BCUT2D eigenvalue weighted by atomic mass is 16.5. The van der Waals surface area contributed by atoms with E-state index in [4.69, 9.17) is 9.47 Å². The molecule has 0 heterocycles. The molecule has 0 fully saturated rings. The molecule has 1 N–H and O–H groups in total. The summed E-state index contributed by atoms with van der Waals surface area (Å²) in [6.07, 6.45) is 0.838. The Bertz CT molecular complexity index is 617. The molecular formula is C17H18O4. The molecule has 110 valence electrons. The summed E-state index contributed by atoms with van der Waals surface area (Å²) in [5.74, 6) is -0.430. The number of benzene rings is 2. The first-order valence-corrected chi connectivity index (χ1v) is 6.65. The smallest absolute Gasteiger partial charge is 0.336 e. The zero-order chi connectivity index (χ0) is 15.2. The maximum absolute atomic E-state index is 11.4. The van der Waals surface area contributed by atoms with Crippen LogP contribution in [-0.2, 0) is 11.2 Å². The van der Waals surface area contributed by atoms with Crippen LogP contribution in [0, 0.1) is 0 Å². The Morgan fingerprint density at radius 2 is 1.81 bits per heavy atom. The second-order valence-corrected chi connectivity index (χ2v) is 4.66. The van der Waals surface area contributed by atoms with Gasteiger partial charge in [-0.25, -0.2) is 4.79 Å². The average Bonchev–Trinajstić information content (AvgIpc) is 2.52. The summed E-state index contributed by atoms with van der Waals surface area (Å²) in [4.78, 5) is 11.4. The van der Waals surface area contributed by atoms with Gasteiger partial charge in [0.1, 0.15) is 5.75 Å². The molecule has 0 amide bonds. The molecule has 0 atom stereocenters. The maximum atomic E-state index is 11.4. The summed E-state index contributed by atoms with van der Waals surface area (Å²) in [7, 11) is 3.19. The van der Waals surface area contributed by atoms with Gasteiger partial charge in [-0.05, 0) is 41.3 Å². The van der Waals surface area contributed by atoms with E-state index in [9.17, 15) is 9.90 Å². The van der Waals surface area contributed by atoms with Crippen LogP contribution in [0.3, 0.4) is 0 Å². The van der Waals surface area contributed by atoms with Crippen LogP contribution >= 0.6 is 0 Å². The first kappa shape index (κ1) is 15.1. The molecule has 0 spiro atoms. The lowest BCUT2D eigenvalue weighted by molar-refractivity contribution is 0.0697. The number of rotatable bonds is 6. The highest BCUT2D eigenvalue weighted by molar-refractivity contribution is 5.96. The van der Waals surface area contributed by atoms with Gasteiger partial charge in [-0.1, -0.05) is 24.3 Å². The van der Waals surface area contributed by atoms with Crippen molar-refractivity contribution in [2.75, 3.05) is 20.8 Å². The van der Waals surface area contributed by atoms with Crippen LogP contribution in [0.15, 0.2) is 42.5 Å². The van der Waals surface area contributed by atoms with E-state index in [1.165, 1.54) is 13.2 Å². The minimum atomic E-state index is -0.965. The molecule has 0 saturated heterocycles. The predicted molar refractivity (Wildman–Crippen MR) is 81.0 cm³/mol. The predicted octanol–water partition coefficient (Wildman–Crippen LogP) is 3.25. The highest BCUT2D eigenvalue weighted by Crippen LogP contribution is 2.27. The molecule has 0 unspecified atom stereocenters. The second-order valence-electron chi connectivity index (χ2n) is 4.66. The number of aromatic carboxylic acids is 1. The molecule has 0 aliphatic heterocycles. The van der Waals surface area contributed by atoms with Crippen molar-refractivity contribution in [2.24, 2.45) is 0 Å². The van der Waals surface area contributed by atoms with E-state index in [0.717, 1.165) is 17.5 Å². The lowest BCUT2D eigenvalue weighted by Crippen LogP contribution is -2.00. The summed E-state index contributed by atoms with van der Waals surface area (Å²) >= 11 is 0. The van der Waals surface area contributed by atoms with Crippen molar-refractivity contribution < 1.29 is 19.4 Å². The second kappa shape index (κ2) is 6.90. The Labute approximate surface area is 123 Å². The normalized spacial score (nSPS) is 10.4. The summed E-state index contributed by atoms with van der Waals surface area (Å²) < 4.78 is 10.1. The lowest BCUT2D eigenvalue weighted by atomic mass is 9.98. The summed E-state index contributed by atoms with van der Waals surface area (Å²) in [5.41, 5.74) is 2.95. The quantitative estimate of drug-likeness (QED) is 0.885. The van der Waals surface area contributed by atoms with Crippen molar-refractivity contribution in [1.82, 2.24) is 0 Å². The number of hydrogen-bond acceptors (Lipinski definition) is 3. The van der Waals surface area contributed by atoms with Gasteiger partial charge in [0.05, 0.1) is 19.3 Å². The Morgan fingerprint density at radius 3 is 2.38 bits per heavy atom. The molecule has 2 rings (SSSR count). The third-order valence-corrected chi connectivity index (χ3v) is 3.32. The largest absolute Gasteiger partial charge is 0.497 e. The van der Waals surface area contributed by atoms with Gasteiger partial charge in [-0.3, -0.25) is 0 Å². The van der Waals surface area contributed by atoms with E-state index in [1.807, 2.05) is 24.3 Å². The van der Waals surface area contributed by atoms with Crippen LogP contribution in [0.5, 0.6) is 5.75 Å². The fourth-order valence-corrected chi connectivity index (χ4v) is 2.15. The van der Waals surface area contributed by atoms with Crippen LogP contribution in [0.4, 0.5) is 0 Å². The van der Waals surface area contributed by atoms with Gasteiger partial charge >= 0.3 is 5.97 Å². The molecule has 0 aliphatic rings. The van der Waals surface area contributed by atoms with Crippen molar-refractivity contribution in [1.29, 1.82) is 0 Å². The molecule has 0 radical (unpaired) electrons. The van der Waals surface area contributed by atoms with Crippen molar-refractivity contribution in [3.8, 4) is 16.9 Å². The van der Waals surface area contributed by atoms with E-state index in [0.29, 0.717) is 17.9 Å². The van der Waals surface area contributed by atoms with Crippen LogP contribution < -0.4 is 4.74 Å². The van der Waals surface area contributed by atoms with Gasteiger partial charge in [0.2, 0.25) is 0 Å². The van der Waals surface area contributed by atoms with Gasteiger partial charge in [0.15, 0.2) is 0 Å². The molecule has 4 heteroatoms. The first-order valence-electron chi connectivity index (χ1n) is 6.65. The monoisotopic (exact) mass is 286 g/mol. The van der Waals surface area contributed by atoms with Crippen LogP contribution in [0.1, 0.15) is 15.9 Å². The van der Waals surface area contributed by atoms with E-state index in [2.05, 4.69) is 0 Å². The molecule has 21 heavy (non-hydrogen) atoms. The van der Waals surface area contributed by atoms with Crippen molar-refractivity contribution in [3.63, 3.8) is 0 Å². The number of ether oxygens (including phenoxy) is 2. The Balaban J connectivity index is 2.34. The van der Waals surface area contributed by atoms with Crippen LogP contribution in [0.2, 0.25) is 0 Å². The Morgan fingerprint density at radius 1 is 1.10 bits per heavy atom. The van der Waals surface area contributed by atoms with Crippen molar-refractivity contribution >= 4 is 5.97 Å². The minimum Gasteiger partial charge on any atom is -0.497 e. The zero-order valence-corrected chi connectivity index (χ0v) is 12.1. The lowest BCUT2D eigenvalue weighted by Gasteiger charge is -2.09. The number of carbonyl (C=O) groups is 1. The number of carboxylic acid groups (broad SMARTS) is 1. The van der Waals surface area contributed by atoms with E-state index in [1.54, 1.807) is 19.2 Å². The van der Waals surface area contributed by atoms with E-state index >= 15 is 0 Å². The zero-order valence-electron chi connectivity index (χ0n) is 12.1. The molecule has 2 aromatic carbocycles. The van der Waals surface area contributed by atoms with Gasteiger partial charge in [-0.15, -0.1) is 0 Å². The maximum Gasteiger partial charge on any atom is 0.336 e. The number of carboxylic acids is 1. The van der Waals surface area contributed by atoms with Crippen molar-refractivity contribution in [3.05, 3.63) is 53.6 Å². The summed E-state index contributed by atoms with van der Waals surface area (Å²) in [5, 5.41) is 9.35. The molecule has 0 saturated carbocycles. The Kier molecular flexibility index (Phi) is 4.95. The minimum absolute atomic E-state index is 0.235. The third kappa shape index (κ3) is 3.61. The van der Waals surface area contributed by atoms with E-state index in [-0.39, 0.29) is 5.56 Å². The molecule has 0 bridgehead atoms. The molecule has 4 nitrogen and oxygen atoms in total. The highest BCUT2D eigenvalue weighted by Gasteiger charge is 2.13. The first-order chi connectivity index (χ1) is 10.2. The molecule has 0 aromatic heterocycles. The topological polar surface area (TPSA) is 55.8 Å². The van der Waals surface area contributed by atoms with Gasteiger partial charge in [0, 0.05) is 7.11 Å². The van der Waals surface area contributed by atoms with Gasteiger partial charge in [0.25, 0.3) is 0 Å².